The first-order valence-electron chi connectivity index (χ1n) is 43.5. The van der Waals surface area contributed by atoms with Crippen LogP contribution in [0.15, 0.2) is 268 Å². The third-order valence-electron chi connectivity index (χ3n) is 25.6. The molecule has 0 amide bonds. The molecule has 0 unspecified atom stereocenters. The van der Waals surface area contributed by atoms with Crippen LogP contribution in [0, 0.1) is 92.6 Å². The van der Waals surface area contributed by atoms with E-state index in [1.54, 1.807) is 18.6 Å². The van der Waals surface area contributed by atoms with E-state index >= 15 is 0 Å². The van der Waals surface area contributed by atoms with Crippen molar-refractivity contribution in [2.45, 2.75) is 107 Å². The van der Waals surface area contributed by atoms with Gasteiger partial charge in [0, 0.05) is 75.8 Å². The zero-order valence-corrected chi connectivity index (χ0v) is 92.1. The largest absolute Gasteiger partial charge is 2.00 e. The fraction of sp³-hybridized carbons (Fsp3) is 0.144. The van der Waals surface area contributed by atoms with Crippen LogP contribution in [0.1, 0.15) is 95.8 Å². The molecule has 0 atom stereocenters. The summed E-state index contributed by atoms with van der Waals surface area (Å²) >= 11 is 1.69. The van der Waals surface area contributed by atoms with Gasteiger partial charge in [-0.05, 0) is 182 Å². The van der Waals surface area contributed by atoms with Crippen molar-refractivity contribution < 1.29 is 94.4 Å². The maximum absolute atomic E-state index is 4.95. The second kappa shape index (κ2) is 41.0. The summed E-state index contributed by atoms with van der Waals surface area (Å²) in [5, 5.41) is 16.8. The van der Waals surface area contributed by atoms with Gasteiger partial charge < -0.3 is 63.0 Å². The van der Waals surface area contributed by atoms with Crippen molar-refractivity contribution in [1.82, 2.24) is 76.8 Å². The standard InChI is InChI=1S/C30H29N2.C24H19N2.C23H17N2.C17H11N6.C17H9N4.BrH.2ClH.HI.Li.2Mg.2Zn/c1-18-10-9-11-19(2)27(18)26-16-31-28-21-13-8-7-12-20(21)22-14-23-24(15-25(22)32(26)28)30(5,6)17-29(23,3)4;1-15-11-12-21-20(13-15)18-9-4-5-10-19(18)24-25-14-22(26(21)24)23-16(2)7-6-8-17(23)3;1-15-8-7-9-16(2)22(15)21-14-24-23-19-12-4-3-10-17(19)18-11-5-6-13-20(18)25(21)23;1-9-18-7-13-11-5-3-4-6-12(11)15-22-14-8-19-10(2)21-17(14)23(15)16(13)20-9;1-2-6-13-11(5-1)12-7-3-9-18-15(12)21-16(13)20-14-8-4-10-19-17(14)21;;;;;;;;;/h7-12,14-16H,17H2,1-6H3;4-9,11-14H,1-3H3;3-11,13-14H,1-2H3;3-5,7-8H,1-2H3;1-5,7-10H;4*1H;;;;;/q5*-1;;;;;+1;4*+2/p-4. The number of rotatable bonds is 3. The van der Waals surface area contributed by atoms with E-state index in [1.807, 2.05) is 120 Å². The average molecular weight is 2110 g/mol. The molecule has 11 aromatic carbocycles. The predicted molar refractivity (Wildman–Crippen MR) is 540 cm³/mol. The Morgan fingerprint density at radius 1 is 0.294 bits per heavy atom. The molecular formula is C111H85BrCl2ILiMg2N16Zn2. The number of benzene rings is 11. The SMILES string of the molecule is Cc1ccc2c(c1)c1ccc[c-]c1c1ncc(-c3c(C)cccc3C)n21.Cc1cccc(C)c1-c1cnc2c3[c-]cccc3c3cc4c(cc3n12)C(C)(C)CC4(C)C.Cc1cccc(C)c1-c1cnc2c3[c-]cccc3c3ccccc3n12.Cc1ncc2nc3c4[c-]cccc4c4cnc(C)nc4n3c2n1.[Br-].[Cl][Zn+].[Cl][Zn+].[I-].[Li+].[Mg+2].[Mg+2].[c-]1cccc2c1c1nc3cccnc3n1c1ncccc21. The topological polar surface area (TPSA) is 164 Å². The first-order chi connectivity index (χ1) is 63.7. The van der Waals surface area contributed by atoms with Gasteiger partial charge in [0.25, 0.3) is 0 Å². The summed E-state index contributed by atoms with van der Waals surface area (Å²) in [6.45, 7) is 28.5. The van der Waals surface area contributed by atoms with Gasteiger partial charge in [0.2, 0.25) is 0 Å². The zero-order chi connectivity index (χ0) is 90.6. The Labute approximate surface area is 887 Å². The van der Waals surface area contributed by atoms with E-state index < -0.39 is 0 Å². The van der Waals surface area contributed by atoms with Crippen molar-refractivity contribution in [1.29, 1.82) is 0 Å². The summed E-state index contributed by atoms with van der Waals surface area (Å²) in [4.78, 5) is 50.8. The number of para-hydroxylation sites is 1. The van der Waals surface area contributed by atoms with Gasteiger partial charge in [-0.2, -0.15) is 0 Å². The fourth-order valence-corrected chi connectivity index (χ4v) is 20.3. The minimum atomic E-state index is 0. The van der Waals surface area contributed by atoms with E-state index in [0.717, 1.165) is 168 Å². The van der Waals surface area contributed by atoms with Crippen molar-refractivity contribution in [2.75, 3.05) is 0 Å². The Balaban J connectivity index is 0.000000128. The summed E-state index contributed by atoms with van der Waals surface area (Å²) in [6.07, 6.45) is 14.4. The van der Waals surface area contributed by atoms with Crippen LogP contribution in [0.3, 0.4) is 0 Å². The molecule has 26 rings (SSSR count). The molecule has 646 valence electrons. The first-order valence-corrected chi connectivity index (χ1v) is 51.3. The molecule has 25 aromatic rings. The van der Waals surface area contributed by atoms with Crippen molar-refractivity contribution >= 4 is 225 Å². The summed E-state index contributed by atoms with van der Waals surface area (Å²) in [6, 6.07) is 94.9. The Morgan fingerprint density at radius 3 is 1.15 bits per heavy atom. The Kier molecular flexibility index (Phi) is 30.1. The fourth-order valence-electron chi connectivity index (χ4n) is 20.3. The Morgan fingerprint density at radius 2 is 0.662 bits per heavy atom. The Hall–Kier alpha value is -10.4. The van der Waals surface area contributed by atoms with Gasteiger partial charge in [-0.1, -0.05) is 168 Å². The molecule has 14 heterocycles. The van der Waals surface area contributed by atoms with E-state index in [1.165, 1.54) is 116 Å². The van der Waals surface area contributed by atoms with Gasteiger partial charge in [0.1, 0.15) is 28.5 Å². The molecule has 0 aliphatic heterocycles. The normalized spacial score (nSPS) is 12.3. The number of halogens is 4. The van der Waals surface area contributed by atoms with E-state index in [4.69, 9.17) is 44.3 Å². The maximum atomic E-state index is 4.95. The van der Waals surface area contributed by atoms with Crippen LogP contribution in [0.5, 0.6) is 0 Å². The minimum Gasteiger partial charge on any atom is -1.00 e. The molecule has 136 heavy (non-hydrogen) atoms. The van der Waals surface area contributed by atoms with Crippen molar-refractivity contribution in [3.8, 4) is 33.8 Å². The number of aromatic nitrogens is 16. The number of imidazole rings is 5. The van der Waals surface area contributed by atoms with Crippen LogP contribution in [0.2, 0.25) is 0 Å². The molecule has 0 spiro atoms. The van der Waals surface area contributed by atoms with Gasteiger partial charge in [-0.3, -0.25) is 24.9 Å². The molecule has 1 aliphatic rings. The molecule has 1 aliphatic carbocycles. The molecule has 0 fully saturated rings. The molecule has 25 heteroatoms. The zero-order valence-electron chi connectivity index (χ0n) is 78.1. The van der Waals surface area contributed by atoms with E-state index in [0.29, 0.717) is 11.6 Å². The van der Waals surface area contributed by atoms with Crippen LogP contribution >= 0.6 is 19.4 Å². The molecule has 0 saturated carbocycles. The first kappa shape index (κ1) is 100. The number of pyridine rings is 7. The van der Waals surface area contributed by atoms with Gasteiger partial charge in [-0.25, -0.2) is 29.9 Å². The summed E-state index contributed by atoms with van der Waals surface area (Å²) in [7, 11) is 9.53. The van der Waals surface area contributed by atoms with Crippen molar-refractivity contribution in [2.24, 2.45) is 0 Å². The monoisotopic (exact) mass is 2100 g/mol. The van der Waals surface area contributed by atoms with E-state index in [9.17, 15) is 0 Å². The summed E-state index contributed by atoms with van der Waals surface area (Å²) < 4.78 is 11.0. The molecular weight excluding hydrogens is 2020 g/mol. The minimum absolute atomic E-state index is 0. The molecule has 0 N–H and O–H groups in total. The van der Waals surface area contributed by atoms with Crippen LogP contribution < -0.4 is 59.8 Å². The number of hydrogen-bond donors (Lipinski definition) is 0. The van der Waals surface area contributed by atoms with E-state index in [-0.39, 0.29) is 117 Å². The van der Waals surface area contributed by atoms with Crippen molar-refractivity contribution in [3.63, 3.8) is 0 Å². The Bertz CT molecular complexity index is 8910. The third kappa shape index (κ3) is 17.3. The molecule has 14 aromatic heterocycles. The predicted octanol–water partition coefficient (Wildman–Crippen LogP) is 17.2. The average Bonchev–Trinajstić information content (AvgIpc) is 1.53. The van der Waals surface area contributed by atoms with Crippen LogP contribution in [-0.4, -0.2) is 123 Å². The maximum Gasteiger partial charge on any atom is 2.00 e. The van der Waals surface area contributed by atoms with Gasteiger partial charge in [0.15, 0.2) is 11.3 Å². The smallest absolute Gasteiger partial charge is 1.00 e. The van der Waals surface area contributed by atoms with Gasteiger partial charge >= 0.3 is 119 Å². The summed E-state index contributed by atoms with van der Waals surface area (Å²) in [5.74, 6) is 1.42. The quantitative estimate of drug-likeness (QED) is 0.0716. The number of nitrogens with zero attached hydrogens (tertiary/aromatic N) is 16. The van der Waals surface area contributed by atoms with Crippen LogP contribution in [-0.2, 0) is 45.5 Å². The second-order valence-electron chi connectivity index (χ2n) is 34.9. The number of fused-ring (bicyclic) bond motifs is 35. The molecule has 0 radical (unpaired) electrons. The van der Waals surface area contributed by atoms with E-state index in [2.05, 4.69) is 301 Å². The second-order valence-corrected chi connectivity index (χ2v) is 34.9. The van der Waals surface area contributed by atoms with Crippen molar-refractivity contribution in [3.05, 3.63) is 360 Å². The summed E-state index contributed by atoms with van der Waals surface area (Å²) in [5.41, 5.74) is 32.4. The third-order valence-corrected chi connectivity index (χ3v) is 25.6. The number of aryl methyl sites for hydroxylation is 9. The van der Waals surface area contributed by atoms with Crippen LogP contribution in [0.4, 0.5) is 0 Å². The van der Waals surface area contributed by atoms with Gasteiger partial charge in [0.05, 0.1) is 57.0 Å². The number of hydrogen-bond acceptors (Lipinski definition) is 11. The van der Waals surface area contributed by atoms with Gasteiger partial charge in [-0.15, -0.1) is 137 Å². The molecule has 16 nitrogen and oxygen atoms in total. The molecule has 0 bridgehead atoms. The van der Waals surface area contributed by atoms with Crippen LogP contribution in [0.25, 0.3) is 193 Å². The molecule has 0 saturated heterocycles.